The number of sulfone groups is 1. The lowest BCUT2D eigenvalue weighted by molar-refractivity contribution is -0.123. The quantitative estimate of drug-likeness (QED) is 0.371. The molecule has 5 rings (SSSR count). The molecule has 2 aliphatic heterocycles. The summed E-state index contributed by atoms with van der Waals surface area (Å²) in [4.78, 5) is 32.5. The van der Waals surface area contributed by atoms with Crippen LogP contribution < -0.4 is 10.3 Å². The molecule has 0 aliphatic carbocycles. The van der Waals surface area contributed by atoms with Gasteiger partial charge >= 0.3 is 0 Å². The number of fused-ring (bicyclic) bond motifs is 1. The van der Waals surface area contributed by atoms with Gasteiger partial charge in [-0.15, -0.1) is 0 Å². The van der Waals surface area contributed by atoms with Crippen LogP contribution in [0.4, 0.5) is 0 Å². The van der Waals surface area contributed by atoms with Crippen LogP contribution in [0.25, 0.3) is 11.7 Å². The van der Waals surface area contributed by atoms with Gasteiger partial charge in [-0.05, 0) is 36.8 Å². The van der Waals surface area contributed by atoms with E-state index < -0.39 is 27.3 Å². The van der Waals surface area contributed by atoms with Crippen LogP contribution in [0.2, 0.25) is 5.02 Å². The van der Waals surface area contributed by atoms with Gasteiger partial charge in [0.1, 0.15) is 21.3 Å². The van der Waals surface area contributed by atoms with Crippen molar-refractivity contribution in [2.75, 3.05) is 11.5 Å². The van der Waals surface area contributed by atoms with E-state index in [1.54, 1.807) is 48.7 Å². The van der Waals surface area contributed by atoms with Gasteiger partial charge in [0, 0.05) is 6.20 Å². The Labute approximate surface area is 209 Å². The Hall–Kier alpha value is -2.73. The van der Waals surface area contributed by atoms with E-state index in [2.05, 4.69) is 4.98 Å². The molecule has 174 valence electrons. The molecule has 4 heterocycles. The molecule has 2 saturated heterocycles. The van der Waals surface area contributed by atoms with E-state index in [0.717, 1.165) is 11.8 Å². The second-order valence-corrected chi connectivity index (χ2v) is 12.0. The molecule has 1 amide bonds. The lowest BCUT2D eigenvalue weighted by Crippen LogP contribution is -2.39. The van der Waals surface area contributed by atoms with Crippen LogP contribution in [0.1, 0.15) is 12.0 Å². The Bertz CT molecular complexity index is 1550. The van der Waals surface area contributed by atoms with E-state index >= 15 is 0 Å². The Balaban J connectivity index is 1.60. The van der Waals surface area contributed by atoms with Gasteiger partial charge in [0.05, 0.1) is 27.5 Å². The minimum absolute atomic E-state index is 0.0134. The van der Waals surface area contributed by atoms with E-state index in [1.807, 2.05) is 0 Å². The van der Waals surface area contributed by atoms with E-state index in [1.165, 1.54) is 15.4 Å². The van der Waals surface area contributed by atoms with Crippen LogP contribution in [0, 0.1) is 0 Å². The zero-order chi connectivity index (χ0) is 24.0. The van der Waals surface area contributed by atoms with E-state index in [4.69, 9.17) is 28.6 Å². The first kappa shape index (κ1) is 23.0. The van der Waals surface area contributed by atoms with Crippen molar-refractivity contribution < 1.29 is 17.9 Å². The predicted octanol–water partition coefficient (Wildman–Crippen LogP) is 3.53. The Morgan fingerprint density at radius 3 is 2.68 bits per heavy atom. The summed E-state index contributed by atoms with van der Waals surface area (Å²) in [6.45, 7) is 0. The van der Waals surface area contributed by atoms with Crippen molar-refractivity contribution in [2.24, 2.45) is 0 Å². The number of pyridine rings is 1. The Morgan fingerprint density at radius 1 is 1.18 bits per heavy atom. The number of para-hydroxylation sites is 1. The standard InChI is InChI=1S/C22H16ClN3O5S3/c23-15-5-1-2-6-16(15)31-19-14(20(27)25-9-4-3-7-18(25)24-19)11-17-21(28)26(22(32)33-17)13-8-10-34(29,30)12-13/h1-7,9,11,13H,8,10,12H2/b17-11+. The molecule has 1 atom stereocenters. The molecule has 0 saturated carbocycles. The number of ether oxygens (including phenoxy) is 1. The number of carbonyl (C=O) groups excluding carboxylic acids is 1. The van der Waals surface area contributed by atoms with Crippen LogP contribution in [-0.2, 0) is 14.6 Å². The van der Waals surface area contributed by atoms with Gasteiger partial charge in [-0.1, -0.05) is 53.8 Å². The third-order valence-electron chi connectivity index (χ3n) is 5.45. The van der Waals surface area contributed by atoms with Gasteiger partial charge < -0.3 is 4.74 Å². The molecule has 0 radical (unpaired) electrons. The maximum absolute atomic E-state index is 13.3. The van der Waals surface area contributed by atoms with Crippen LogP contribution in [-0.4, -0.2) is 50.5 Å². The summed E-state index contributed by atoms with van der Waals surface area (Å²) in [6, 6.07) is 11.3. The summed E-state index contributed by atoms with van der Waals surface area (Å²) in [5.41, 5.74) is -0.0417. The molecule has 12 heteroatoms. The number of thiocarbonyl (C=S) groups is 1. The zero-order valence-corrected chi connectivity index (χ0v) is 20.6. The largest absolute Gasteiger partial charge is 0.437 e. The summed E-state index contributed by atoms with van der Waals surface area (Å²) in [5.74, 6) is -0.279. The van der Waals surface area contributed by atoms with Crippen molar-refractivity contribution in [1.29, 1.82) is 0 Å². The fourth-order valence-corrected chi connectivity index (χ4v) is 7.08. The molecule has 2 fully saturated rings. The highest BCUT2D eigenvalue weighted by Gasteiger charge is 2.42. The minimum Gasteiger partial charge on any atom is -0.437 e. The Kier molecular flexibility index (Phi) is 5.96. The molecule has 3 aromatic rings. The summed E-state index contributed by atoms with van der Waals surface area (Å²) < 4.78 is 31.3. The number of thioether (sulfide) groups is 1. The summed E-state index contributed by atoms with van der Waals surface area (Å²) in [7, 11) is -3.21. The molecule has 2 aromatic heterocycles. The average molecular weight is 534 g/mol. The maximum atomic E-state index is 13.3. The lowest BCUT2D eigenvalue weighted by Gasteiger charge is -2.20. The van der Waals surface area contributed by atoms with Gasteiger partial charge in [0.25, 0.3) is 11.5 Å². The summed E-state index contributed by atoms with van der Waals surface area (Å²) in [6.07, 6.45) is 3.28. The lowest BCUT2D eigenvalue weighted by atomic mass is 10.2. The first-order valence-electron chi connectivity index (χ1n) is 10.1. The molecule has 1 aromatic carbocycles. The van der Waals surface area contributed by atoms with E-state index in [9.17, 15) is 18.0 Å². The van der Waals surface area contributed by atoms with Gasteiger partial charge in [-0.2, -0.15) is 4.98 Å². The molecule has 0 spiro atoms. The number of amides is 1. The molecule has 1 unspecified atom stereocenters. The van der Waals surface area contributed by atoms with Crippen molar-refractivity contribution in [3.05, 3.63) is 74.5 Å². The fraction of sp³-hybridized carbons (Fsp3) is 0.182. The first-order valence-corrected chi connectivity index (χ1v) is 13.6. The van der Waals surface area contributed by atoms with Gasteiger partial charge in [0.15, 0.2) is 9.84 Å². The molecule has 2 aliphatic rings. The third kappa shape index (κ3) is 4.24. The number of hydrogen-bond donors (Lipinski definition) is 0. The average Bonchev–Trinajstić information content (AvgIpc) is 3.29. The van der Waals surface area contributed by atoms with Crippen molar-refractivity contribution >= 4 is 67.4 Å². The van der Waals surface area contributed by atoms with Crippen molar-refractivity contribution in [3.63, 3.8) is 0 Å². The van der Waals surface area contributed by atoms with Crippen molar-refractivity contribution in [2.45, 2.75) is 12.5 Å². The SMILES string of the molecule is O=C1/C(=C\c2c(Oc3ccccc3Cl)nc3ccccn3c2=O)SC(=S)N1C1CCS(=O)(=O)C1. The van der Waals surface area contributed by atoms with Gasteiger partial charge in [0.2, 0.25) is 5.88 Å². The van der Waals surface area contributed by atoms with Crippen LogP contribution >= 0.6 is 35.6 Å². The number of rotatable bonds is 4. The molecular weight excluding hydrogens is 518 g/mol. The van der Waals surface area contributed by atoms with E-state index in [0.29, 0.717) is 22.8 Å². The number of halogens is 1. The summed E-state index contributed by atoms with van der Waals surface area (Å²) >= 11 is 12.6. The van der Waals surface area contributed by atoms with Crippen molar-refractivity contribution in [1.82, 2.24) is 14.3 Å². The highest BCUT2D eigenvalue weighted by molar-refractivity contribution is 8.26. The maximum Gasteiger partial charge on any atom is 0.269 e. The van der Waals surface area contributed by atoms with Gasteiger partial charge in [-0.3, -0.25) is 18.9 Å². The first-order chi connectivity index (χ1) is 16.2. The minimum atomic E-state index is -3.21. The number of nitrogens with zero attached hydrogens (tertiary/aromatic N) is 3. The predicted molar refractivity (Wildman–Crippen MR) is 135 cm³/mol. The number of hydrogen-bond acceptors (Lipinski definition) is 8. The highest BCUT2D eigenvalue weighted by atomic mass is 35.5. The normalized spacial score (nSPS) is 21.0. The number of aromatic nitrogens is 2. The molecule has 34 heavy (non-hydrogen) atoms. The highest BCUT2D eigenvalue weighted by Crippen LogP contribution is 2.37. The van der Waals surface area contributed by atoms with E-state index in [-0.39, 0.29) is 32.2 Å². The topological polar surface area (TPSA) is 98.0 Å². The van der Waals surface area contributed by atoms with Crippen LogP contribution in [0.3, 0.4) is 0 Å². The summed E-state index contributed by atoms with van der Waals surface area (Å²) in [5, 5.41) is 0.331. The number of carbonyl (C=O) groups is 1. The molecule has 0 bridgehead atoms. The smallest absolute Gasteiger partial charge is 0.269 e. The Morgan fingerprint density at radius 2 is 1.94 bits per heavy atom. The second kappa shape index (κ2) is 8.81. The monoisotopic (exact) mass is 533 g/mol. The molecule has 0 N–H and O–H groups in total. The number of benzene rings is 1. The van der Waals surface area contributed by atoms with Crippen molar-refractivity contribution in [3.8, 4) is 11.6 Å². The second-order valence-electron chi connectivity index (χ2n) is 7.71. The third-order valence-corrected chi connectivity index (χ3v) is 8.84. The van der Waals surface area contributed by atoms with Crippen LogP contribution in [0.5, 0.6) is 11.6 Å². The zero-order valence-electron chi connectivity index (χ0n) is 17.4. The van der Waals surface area contributed by atoms with Gasteiger partial charge in [-0.25, -0.2) is 8.42 Å². The fourth-order valence-electron chi connectivity index (χ4n) is 3.82. The van der Waals surface area contributed by atoms with Crippen LogP contribution in [0.15, 0.2) is 58.4 Å². The molecule has 8 nitrogen and oxygen atoms in total. The molecular formula is C22H16ClN3O5S3.